The summed E-state index contributed by atoms with van der Waals surface area (Å²) in [7, 11) is 3.04. The van der Waals surface area contributed by atoms with Crippen LogP contribution in [0.2, 0.25) is 0 Å². The fourth-order valence-corrected chi connectivity index (χ4v) is 4.27. The predicted octanol–water partition coefficient (Wildman–Crippen LogP) is 4.11. The van der Waals surface area contributed by atoms with Crippen LogP contribution in [0, 0.1) is 10.1 Å². The smallest absolute Gasteiger partial charge is 0.302 e. The number of fused-ring (bicyclic) bond motifs is 1. The fraction of sp³-hybridized carbons (Fsp3) is 0.115. The Labute approximate surface area is 209 Å². The van der Waals surface area contributed by atoms with Gasteiger partial charge in [-0.2, -0.15) is 0 Å². The first-order valence-corrected chi connectivity index (χ1v) is 11.1. The number of rotatable bonds is 6. The van der Waals surface area contributed by atoms with E-state index in [9.17, 15) is 24.8 Å². The first-order valence-electron chi connectivity index (χ1n) is 11.1. The third-order valence-corrected chi connectivity index (χ3v) is 6.13. The van der Waals surface area contributed by atoms with Crippen molar-refractivity contribution < 1.29 is 29.1 Å². The molecule has 1 aliphatic heterocycles. The van der Waals surface area contributed by atoms with Crippen molar-refractivity contribution in [3.8, 4) is 11.5 Å². The molecule has 11 nitrogen and oxygen atoms in total. The van der Waals surface area contributed by atoms with Gasteiger partial charge in [-0.1, -0.05) is 12.1 Å². The number of H-pyrrole nitrogens is 1. The Morgan fingerprint density at radius 2 is 1.65 bits per heavy atom. The lowest BCUT2D eigenvalue weighted by Crippen LogP contribution is -2.30. The van der Waals surface area contributed by atoms with E-state index < -0.39 is 28.4 Å². The van der Waals surface area contributed by atoms with Gasteiger partial charge in [-0.25, -0.2) is 4.98 Å². The number of aromatic amines is 1. The van der Waals surface area contributed by atoms with Crippen molar-refractivity contribution in [1.29, 1.82) is 0 Å². The Hall–Kier alpha value is -5.19. The first-order chi connectivity index (χ1) is 17.8. The second-order valence-electron chi connectivity index (χ2n) is 8.19. The summed E-state index contributed by atoms with van der Waals surface area (Å²) >= 11 is 0. The summed E-state index contributed by atoms with van der Waals surface area (Å²) < 4.78 is 10.5. The lowest BCUT2D eigenvalue weighted by Gasteiger charge is -2.23. The van der Waals surface area contributed by atoms with Crippen LogP contribution in [0.1, 0.15) is 17.2 Å². The van der Waals surface area contributed by atoms with Crippen LogP contribution in [0.3, 0.4) is 0 Å². The van der Waals surface area contributed by atoms with E-state index in [2.05, 4.69) is 9.97 Å². The van der Waals surface area contributed by atoms with Gasteiger partial charge in [0.15, 0.2) is 0 Å². The van der Waals surface area contributed by atoms with Gasteiger partial charge in [-0.05, 0) is 42.0 Å². The van der Waals surface area contributed by atoms with Crippen molar-refractivity contribution >= 4 is 40.1 Å². The van der Waals surface area contributed by atoms with Crippen LogP contribution in [0.4, 0.5) is 11.6 Å². The van der Waals surface area contributed by atoms with Crippen molar-refractivity contribution in [3.05, 3.63) is 93.5 Å². The third kappa shape index (κ3) is 4.01. The fourth-order valence-electron chi connectivity index (χ4n) is 4.27. The normalized spacial score (nSPS) is 16.8. The number of nitro benzene ring substituents is 1. The SMILES string of the molecule is COc1ccc(C2/C(=C(\O)c3ccc([N+](=O)[O-])cc3)C(=O)C(=O)N2c2nc3ccc(OC)cc3[nH]2)cc1. The van der Waals surface area contributed by atoms with E-state index in [1.54, 1.807) is 42.5 Å². The van der Waals surface area contributed by atoms with E-state index in [0.717, 1.165) is 0 Å². The van der Waals surface area contributed by atoms with Gasteiger partial charge in [0.05, 0.1) is 41.8 Å². The Morgan fingerprint density at radius 1 is 1.00 bits per heavy atom. The summed E-state index contributed by atoms with van der Waals surface area (Å²) in [6.07, 6.45) is 0. The second-order valence-corrected chi connectivity index (χ2v) is 8.19. The Morgan fingerprint density at radius 3 is 2.27 bits per heavy atom. The molecule has 1 aliphatic rings. The number of nitrogens with one attached hydrogen (secondary N) is 1. The number of imidazole rings is 1. The molecule has 0 radical (unpaired) electrons. The van der Waals surface area contributed by atoms with Crippen molar-refractivity contribution in [2.75, 3.05) is 19.1 Å². The number of carbonyl (C=O) groups is 2. The van der Waals surface area contributed by atoms with Gasteiger partial charge < -0.3 is 19.6 Å². The number of amides is 1. The average molecular weight is 500 g/mol. The maximum absolute atomic E-state index is 13.3. The molecule has 3 aromatic carbocycles. The monoisotopic (exact) mass is 500 g/mol. The third-order valence-electron chi connectivity index (χ3n) is 6.13. The van der Waals surface area contributed by atoms with E-state index in [-0.39, 0.29) is 22.8 Å². The van der Waals surface area contributed by atoms with Gasteiger partial charge in [-0.3, -0.25) is 24.6 Å². The Kier molecular flexibility index (Phi) is 5.80. The molecule has 1 amide bonds. The summed E-state index contributed by atoms with van der Waals surface area (Å²) in [6.45, 7) is 0. The molecule has 4 aromatic rings. The number of carbonyl (C=O) groups excluding carboxylic acids is 2. The molecule has 2 heterocycles. The standard InChI is InChI=1S/C26H20N4O7/c1-36-17-9-5-14(6-10-17)22-21(23(31)15-3-7-16(8-4-15)30(34)35)24(32)25(33)29(22)26-27-19-12-11-18(37-2)13-20(19)28-26/h3-13,22,31H,1-2H3,(H,27,28)/b23-21+. The minimum absolute atomic E-state index is 0.105. The quantitative estimate of drug-likeness (QED) is 0.132. The van der Waals surface area contributed by atoms with Gasteiger partial charge >= 0.3 is 5.91 Å². The second kappa shape index (κ2) is 9.11. The number of Topliss-reactive ketones (excluding diaryl/α,β-unsaturated/α-hetero) is 1. The largest absolute Gasteiger partial charge is 0.507 e. The lowest BCUT2D eigenvalue weighted by molar-refractivity contribution is -0.384. The number of benzene rings is 3. The number of anilines is 1. The number of ether oxygens (including phenoxy) is 2. The van der Waals surface area contributed by atoms with E-state index >= 15 is 0 Å². The molecule has 1 unspecified atom stereocenters. The highest BCUT2D eigenvalue weighted by atomic mass is 16.6. The summed E-state index contributed by atoms with van der Waals surface area (Å²) in [5.74, 6) is -1.03. The van der Waals surface area contributed by atoms with Crippen LogP contribution in [0.5, 0.6) is 11.5 Å². The predicted molar refractivity (Wildman–Crippen MR) is 134 cm³/mol. The number of nitrogens with zero attached hydrogens (tertiary/aromatic N) is 3. The zero-order chi connectivity index (χ0) is 26.3. The molecule has 1 fully saturated rings. The molecule has 5 rings (SSSR count). The number of methoxy groups -OCH3 is 2. The van der Waals surface area contributed by atoms with Crippen molar-refractivity contribution in [3.63, 3.8) is 0 Å². The van der Waals surface area contributed by atoms with Gasteiger partial charge in [-0.15, -0.1) is 0 Å². The molecular weight excluding hydrogens is 480 g/mol. The Balaban J connectivity index is 1.69. The highest BCUT2D eigenvalue weighted by Gasteiger charge is 2.48. The van der Waals surface area contributed by atoms with Crippen LogP contribution in [0.25, 0.3) is 16.8 Å². The highest BCUT2D eigenvalue weighted by Crippen LogP contribution is 2.42. The number of ketones is 1. The van der Waals surface area contributed by atoms with Crippen molar-refractivity contribution in [2.45, 2.75) is 6.04 Å². The number of aliphatic hydroxyl groups excluding tert-OH is 1. The maximum atomic E-state index is 13.3. The molecule has 1 saturated heterocycles. The molecular formula is C26H20N4O7. The number of nitro groups is 1. The van der Waals surface area contributed by atoms with Gasteiger partial charge in [0, 0.05) is 23.8 Å². The van der Waals surface area contributed by atoms with Crippen LogP contribution in [-0.2, 0) is 9.59 Å². The molecule has 0 saturated carbocycles. The minimum atomic E-state index is -1.04. The molecule has 1 aromatic heterocycles. The van der Waals surface area contributed by atoms with Crippen molar-refractivity contribution in [2.24, 2.45) is 0 Å². The van der Waals surface area contributed by atoms with E-state index in [4.69, 9.17) is 9.47 Å². The zero-order valence-corrected chi connectivity index (χ0v) is 19.7. The van der Waals surface area contributed by atoms with Crippen LogP contribution < -0.4 is 14.4 Å². The van der Waals surface area contributed by atoms with Crippen molar-refractivity contribution in [1.82, 2.24) is 9.97 Å². The maximum Gasteiger partial charge on any atom is 0.302 e. The van der Waals surface area contributed by atoms with Gasteiger partial charge in [0.1, 0.15) is 17.3 Å². The molecule has 11 heteroatoms. The number of non-ortho nitro benzene ring substituents is 1. The summed E-state index contributed by atoms with van der Waals surface area (Å²) in [4.78, 5) is 45.8. The van der Waals surface area contributed by atoms with Gasteiger partial charge in [0.2, 0.25) is 5.95 Å². The number of aliphatic hydroxyl groups is 1. The minimum Gasteiger partial charge on any atom is -0.507 e. The van der Waals surface area contributed by atoms with E-state index in [1.165, 1.54) is 43.4 Å². The molecule has 0 spiro atoms. The van der Waals surface area contributed by atoms with E-state index in [1.807, 2.05) is 0 Å². The summed E-state index contributed by atoms with van der Waals surface area (Å²) in [5.41, 5.74) is 1.43. The average Bonchev–Trinajstić information content (AvgIpc) is 3.45. The first kappa shape index (κ1) is 23.5. The number of hydrogen-bond acceptors (Lipinski definition) is 8. The van der Waals surface area contributed by atoms with Crippen LogP contribution in [0.15, 0.2) is 72.3 Å². The molecule has 2 N–H and O–H groups in total. The molecule has 37 heavy (non-hydrogen) atoms. The van der Waals surface area contributed by atoms with Gasteiger partial charge in [0.25, 0.3) is 11.5 Å². The summed E-state index contributed by atoms with van der Waals surface area (Å²) in [5, 5.41) is 22.2. The molecule has 1 atom stereocenters. The molecule has 0 bridgehead atoms. The number of aromatic nitrogens is 2. The van der Waals surface area contributed by atoms with Crippen LogP contribution >= 0.6 is 0 Å². The highest BCUT2D eigenvalue weighted by molar-refractivity contribution is 6.51. The van der Waals surface area contributed by atoms with Crippen LogP contribution in [-0.4, -0.2) is 45.9 Å². The molecule has 0 aliphatic carbocycles. The lowest BCUT2D eigenvalue weighted by atomic mass is 9.95. The topological polar surface area (TPSA) is 148 Å². The zero-order valence-electron chi connectivity index (χ0n) is 19.7. The number of hydrogen-bond donors (Lipinski definition) is 2. The summed E-state index contributed by atoms with van der Waals surface area (Å²) in [6, 6.07) is 15.9. The Bertz CT molecular complexity index is 1570. The molecule has 186 valence electrons. The van der Waals surface area contributed by atoms with E-state index in [0.29, 0.717) is 28.1 Å².